The van der Waals surface area contributed by atoms with Crippen LogP contribution in [-0.4, -0.2) is 36.2 Å². The van der Waals surface area contributed by atoms with E-state index >= 15 is 0 Å². The number of likely N-dealkylation sites (tertiary alicyclic amines) is 1. The minimum Gasteiger partial charge on any atom is -0.507 e. The Morgan fingerprint density at radius 1 is 1.47 bits per heavy atom. The lowest BCUT2D eigenvalue weighted by atomic mass is 9.96. The molecule has 0 bridgehead atoms. The average molecular weight is 264 g/mol. The minimum absolute atomic E-state index is 0.0845. The summed E-state index contributed by atoms with van der Waals surface area (Å²) < 4.78 is 5.13. The fourth-order valence-corrected chi connectivity index (χ4v) is 2.96. The third kappa shape index (κ3) is 3.01. The molecule has 0 amide bonds. The lowest BCUT2D eigenvalue weighted by molar-refractivity contribution is 0.107. The van der Waals surface area contributed by atoms with Crippen LogP contribution in [0.3, 0.4) is 0 Å². The summed E-state index contributed by atoms with van der Waals surface area (Å²) in [5, 5.41) is 10.2. The molecule has 1 aliphatic heterocycles. The van der Waals surface area contributed by atoms with Gasteiger partial charge in [-0.3, -0.25) is 4.90 Å². The van der Waals surface area contributed by atoms with E-state index in [0.29, 0.717) is 18.3 Å². The van der Waals surface area contributed by atoms with Crippen LogP contribution in [0.15, 0.2) is 18.2 Å². The van der Waals surface area contributed by atoms with Crippen LogP contribution in [0.1, 0.15) is 37.8 Å². The fraction of sp³-hybridized carbons (Fsp3) is 0.600. The summed E-state index contributed by atoms with van der Waals surface area (Å²) in [5.74, 6) is 0.941. The van der Waals surface area contributed by atoms with Gasteiger partial charge in [0.1, 0.15) is 11.5 Å². The lowest BCUT2D eigenvalue weighted by Gasteiger charge is -2.39. The zero-order valence-corrected chi connectivity index (χ0v) is 11.8. The molecule has 0 spiro atoms. The summed E-state index contributed by atoms with van der Waals surface area (Å²) in [4.78, 5) is 2.41. The Kier molecular flexibility index (Phi) is 4.66. The zero-order valence-electron chi connectivity index (χ0n) is 11.8. The number of hydrogen-bond acceptors (Lipinski definition) is 4. The number of ether oxygens (including phenoxy) is 1. The standard InChI is InChI=1S/C15H24N2O2/c1-11-5-3-4-8-17(11)14(10-16)13-7-6-12(19-2)9-15(13)18/h6-7,9,11,14,18H,3-5,8,10,16H2,1-2H3. The van der Waals surface area contributed by atoms with Crippen LogP contribution < -0.4 is 10.5 Å². The first kappa shape index (κ1) is 14.2. The van der Waals surface area contributed by atoms with E-state index in [9.17, 15) is 5.11 Å². The molecule has 2 unspecified atom stereocenters. The van der Waals surface area contributed by atoms with Crippen LogP contribution >= 0.6 is 0 Å². The van der Waals surface area contributed by atoms with Crippen molar-refractivity contribution in [2.75, 3.05) is 20.2 Å². The predicted octanol–water partition coefficient (Wildman–Crippen LogP) is 2.28. The van der Waals surface area contributed by atoms with Gasteiger partial charge >= 0.3 is 0 Å². The van der Waals surface area contributed by atoms with E-state index in [1.54, 1.807) is 13.2 Å². The Morgan fingerprint density at radius 3 is 2.84 bits per heavy atom. The van der Waals surface area contributed by atoms with E-state index in [0.717, 1.165) is 12.1 Å². The molecular weight excluding hydrogens is 240 g/mol. The average Bonchev–Trinajstić information content (AvgIpc) is 2.43. The van der Waals surface area contributed by atoms with Crippen LogP contribution in [-0.2, 0) is 0 Å². The maximum Gasteiger partial charge on any atom is 0.124 e. The van der Waals surface area contributed by atoms with E-state index in [4.69, 9.17) is 10.5 Å². The molecule has 0 aliphatic carbocycles. The second kappa shape index (κ2) is 6.26. The van der Waals surface area contributed by atoms with E-state index < -0.39 is 0 Å². The smallest absolute Gasteiger partial charge is 0.124 e. The van der Waals surface area contributed by atoms with Crippen LogP contribution in [0.5, 0.6) is 11.5 Å². The Hall–Kier alpha value is -1.26. The van der Waals surface area contributed by atoms with E-state index in [2.05, 4.69) is 11.8 Å². The Bertz CT molecular complexity index is 423. The van der Waals surface area contributed by atoms with Crippen molar-refractivity contribution in [2.45, 2.75) is 38.3 Å². The van der Waals surface area contributed by atoms with Crippen LogP contribution in [0.4, 0.5) is 0 Å². The van der Waals surface area contributed by atoms with Gasteiger partial charge in [0.2, 0.25) is 0 Å². The third-order valence-electron chi connectivity index (χ3n) is 4.07. The van der Waals surface area contributed by atoms with Crippen molar-refractivity contribution < 1.29 is 9.84 Å². The normalized spacial score (nSPS) is 22.2. The summed E-state index contributed by atoms with van der Waals surface area (Å²) in [6.45, 7) is 3.81. The van der Waals surface area contributed by atoms with Crippen molar-refractivity contribution in [1.29, 1.82) is 0 Å². The van der Waals surface area contributed by atoms with Gasteiger partial charge in [0.15, 0.2) is 0 Å². The molecule has 1 fully saturated rings. The summed E-state index contributed by atoms with van der Waals surface area (Å²) in [7, 11) is 1.60. The van der Waals surface area contributed by atoms with Gasteiger partial charge < -0.3 is 15.6 Å². The number of aromatic hydroxyl groups is 1. The SMILES string of the molecule is COc1ccc(C(CN)N2CCCCC2C)c(O)c1. The van der Waals surface area contributed by atoms with Crippen molar-refractivity contribution in [3.05, 3.63) is 23.8 Å². The van der Waals surface area contributed by atoms with Gasteiger partial charge in [0, 0.05) is 24.2 Å². The quantitative estimate of drug-likeness (QED) is 0.876. The Labute approximate surface area is 115 Å². The van der Waals surface area contributed by atoms with Crippen molar-refractivity contribution >= 4 is 0 Å². The third-order valence-corrected chi connectivity index (χ3v) is 4.07. The number of rotatable bonds is 4. The zero-order chi connectivity index (χ0) is 13.8. The fourth-order valence-electron chi connectivity index (χ4n) is 2.96. The van der Waals surface area contributed by atoms with Crippen LogP contribution in [0.2, 0.25) is 0 Å². The molecule has 0 aromatic heterocycles. The highest BCUT2D eigenvalue weighted by Gasteiger charge is 2.27. The van der Waals surface area contributed by atoms with Crippen LogP contribution in [0, 0.1) is 0 Å². The molecule has 1 heterocycles. The van der Waals surface area contributed by atoms with Crippen molar-refractivity contribution in [1.82, 2.24) is 4.90 Å². The lowest BCUT2D eigenvalue weighted by Crippen LogP contribution is -2.43. The number of nitrogens with zero attached hydrogens (tertiary/aromatic N) is 1. The van der Waals surface area contributed by atoms with Gasteiger partial charge in [-0.15, -0.1) is 0 Å². The van der Waals surface area contributed by atoms with E-state index in [1.165, 1.54) is 19.3 Å². The largest absolute Gasteiger partial charge is 0.507 e. The monoisotopic (exact) mass is 264 g/mol. The first-order valence-corrected chi connectivity index (χ1v) is 7.00. The topological polar surface area (TPSA) is 58.7 Å². The molecular formula is C15H24N2O2. The highest BCUT2D eigenvalue weighted by Crippen LogP contribution is 2.34. The predicted molar refractivity (Wildman–Crippen MR) is 76.5 cm³/mol. The summed E-state index contributed by atoms with van der Waals surface area (Å²) >= 11 is 0. The highest BCUT2D eigenvalue weighted by molar-refractivity contribution is 5.41. The molecule has 2 atom stereocenters. The molecule has 106 valence electrons. The number of phenols is 1. The summed E-state index contributed by atoms with van der Waals surface area (Å²) in [6, 6.07) is 6.07. The van der Waals surface area contributed by atoms with Gasteiger partial charge in [-0.05, 0) is 32.4 Å². The van der Waals surface area contributed by atoms with E-state index in [-0.39, 0.29) is 11.8 Å². The van der Waals surface area contributed by atoms with Gasteiger partial charge in [0.05, 0.1) is 13.2 Å². The number of hydrogen-bond donors (Lipinski definition) is 2. The Balaban J connectivity index is 2.25. The molecule has 1 aliphatic rings. The Morgan fingerprint density at radius 2 is 2.26 bits per heavy atom. The molecule has 1 aromatic carbocycles. The molecule has 1 saturated heterocycles. The number of nitrogens with two attached hydrogens (primary N) is 1. The van der Waals surface area contributed by atoms with E-state index in [1.807, 2.05) is 12.1 Å². The van der Waals surface area contributed by atoms with Gasteiger partial charge in [-0.25, -0.2) is 0 Å². The number of phenolic OH excluding ortho intramolecular Hbond substituents is 1. The molecule has 4 heteroatoms. The first-order valence-electron chi connectivity index (χ1n) is 7.00. The first-order chi connectivity index (χ1) is 9.17. The molecule has 3 N–H and O–H groups in total. The second-order valence-corrected chi connectivity index (χ2v) is 5.26. The van der Waals surface area contributed by atoms with Gasteiger partial charge in [-0.2, -0.15) is 0 Å². The summed E-state index contributed by atoms with van der Waals surface area (Å²) in [5.41, 5.74) is 6.85. The van der Waals surface area contributed by atoms with Crippen molar-refractivity contribution in [3.8, 4) is 11.5 Å². The highest BCUT2D eigenvalue weighted by atomic mass is 16.5. The number of piperidine rings is 1. The molecule has 0 radical (unpaired) electrons. The molecule has 4 nitrogen and oxygen atoms in total. The maximum absolute atomic E-state index is 10.2. The number of methoxy groups -OCH3 is 1. The number of benzene rings is 1. The van der Waals surface area contributed by atoms with Crippen LogP contribution in [0.25, 0.3) is 0 Å². The minimum atomic E-state index is 0.0845. The van der Waals surface area contributed by atoms with Crippen molar-refractivity contribution in [2.24, 2.45) is 5.73 Å². The van der Waals surface area contributed by atoms with Gasteiger partial charge in [0.25, 0.3) is 0 Å². The maximum atomic E-state index is 10.2. The molecule has 1 aromatic rings. The molecule has 19 heavy (non-hydrogen) atoms. The second-order valence-electron chi connectivity index (χ2n) is 5.26. The molecule has 2 rings (SSSR count). The van der Waals surface area contributed by atoms with Crippen molar-refractivity contribution in [3.63, 3.8) is 0 Å². The van der Waals surface area contributed by atoms with Gasteiger partial charge in [-0.1, -0.05) is 12.5 Å². The summed E-state index contributed by atoms with van der Waals surface area (Å²) in [6.07, 6.45) is 3.69. The molecule has 0 saturated carbocycles.